The molecule has 0 aliphatic heterocycles. The number of hydrogen-bond donors (Lipinski definition) is 0. The second kappa shape index (κ2) is 10.4. The van der Waals surface area contributed by atoms with E-state index in [4.69, 9.17) is 12.3 Å². The zero-order chi connectivity index (χ0) is 40.0. The van der Waals surface area contributed by atoms with Crippen LogP contribution in [0.3, 0.4) is 0 Å². The number of aromatic nitrogens is 2. The Morgan fingerprint density at radius 3 is 1.65 bits per heavy atom. The average Bonchev–Trinajstić information content (AvgIpc) is 3.60. The van der Waals surface area contributed by atoms with Crippen molar-refractivity contribution in [1.29, 1.82) is 0 Å². The minimum atomic E-state index is -3.06. The van der Waals surface area contributed by atoms with Gasteiger partial charge in [0.1, 0.15) is 5.82 Å². The molecule has 8 rings (SSSR count). The summed E-state index contributed by atoms with van der Waals surface area (Å²) in [6.45, 7) is -3.06. The Kier molecular flexibility index (Phi) is 3.67. The Morgan fingerprint density at radius 1 is 0.581 bits per heavy atom. The number of fused-ring (bicyclic) bond motifs is 3. The van der Waals surface area contributed by atoms with Crippen molar-refractivity contribution in [2.45, 2.75) is 13.2 Å². The molecule has 0 fully saturated rings. The molecule has 1 heterocycles. The Bertz CT molecular complexity index is 2800. The van der Waals surface area contributed by atoms with Gasteiger partial charge in [-0.3, -0.25) is 4.57 Å². The summed E-state index contributed by atoms with van der Waals surface area (Å²) in [4.78, 5) is 4.39. The van der Waals surface area contributed by atoms with Crippen LogP contribution in [0.1, 0.15) is 30.5 Å². The van der Waals surface area contributed by atoms with Crippen molar-refractivity contribution in [3.63, 3.8) is 0 Å². The molecule has 0 saturated carbocycles. The van der Waals surface area contributed by atoms with Gasteiger partial charge >= 0.3 is 0 Å². The van der Waals surface area contributed by atoms with Gasteiger partial charge in [-0.25, -0.2) is 4.98 Å². The van der Waals surface area contributed by atoms with E-state index < -0.39 is 49.5 Å². The first-order valence-corrected chi connectivity index (χ1v) is 13.7. The molecule has 1 aromatic heterocycles. The predicted octanol–water partition coefficient (Wildman–Crippen LogP) is 10.9. The van der Waals surface area contributed by atoms with Crippen LogP contribution < -0.4 is 0 Å². The van der Waals surface area contributed by atoms with Gasteiger partial charge < -0.3 is 0 Å². The summed E-state index contributed by atoms with van der Waals surface area (Å²) in [6.07, 6.45) is -2.85. The topological polar surface area (TPSA) is 17.8 Å². The summed E-state index contributed by atoms with van der Waals surface area (Å²) in [6, 6.07) is 26.4. The first-order valence-electron chi connectivity index (χ1n) is 20.2. The fourth-order valence-electron chi connectivity index (χ4n) is 5.81. The number of para-hydroxylation sites is 2. The molecule has 204 valence electrons. The highest BCUT2D eigenvalue weighted by atomic mass is 15.1. The molecule has 0 atom stereocenters. The van der Waals surface area contributed by atoms with E-state index in [1.807, 2.05) is 42.5 Å². The van der Waals surface area contributed by atoms with E-state index in [0.29, 0.717) is 27.8 Å². The summed E-state index contributed by atoms with van der Waals surface area (Å²) in [5.41, 5.74) is 4.20. The summed E-state index contributed by atoms with van der Waals surface area (Å²) in [5, 5.41) is 0.259. The second-order valence-corrected chi connectivity index (χ2v) is 10.1. The van der Waals surface area contributed by atoms with E-state index in [1.54, 1.807) is 60.7 Å². The number of hydrogen-bond acceptors (Lipinski definition) is 1. The van der Waals surface area contributed by atoms with Crippen LogP contribution in [0.15, 0.2) is 151 Å². The molecule has 0 bridgehead atoms. The van der Waals surface area contributed by atoms with Gasteiger partial charge in [0.15, 0.2) is 0 Å². The molecule has 0 unspecified atom stereocenters. The van der Waals surface area contributed by atoms with Crippen LogP contribution in [-0.2, 0) is 6.37 Å². The molecule has 0 saturated heterocycles. The van der Waals surface area contributed by atoms with Gasteiger partial charge in [-0.1, -0.05) is 134 Å². The Morgan fingerprint density at radius 2 is 1.07 bits per heavy atom. The fourth-order valence-corrected chi connectivity index (χ4v) is 5.81. The molecule has 0 amide bonds. The van der Waals surface area contributed by atoms with Gasteiger partial charge in [-0.05, 0) is 79.2 Å². The molecular weight excluding hydrogens is 520 g/mol. The van der Waals surface area contributed by atoms with E-state index in [1.165, 1.54) is 4.57 Å². The molecule has 0 aliphatic carbocycles. The van der Waals surface area contributed by atoms with Crippen molar-refractivity contribution in [1.82, 2.24) is 9.55 Å². The molecule has 0 spiro atoms. The van der Waals surface area contributed by atoms with Crippen LogP contribution in [0, 0.1) is 0 Å². The molecule has 8 aromatic rings. The fraction of sp³-hybridized carbons (Fsp3) is 0.0488. The highest BCUT2D eigenvalue weighted by molar-refractivity contribution is 6.21. The molecule has 0 radical (unpaired) electrons. The zero-order valence-electron chi connectivity index (χ0n) is 35.7. The van der Waals surface area contributed by atoms with Gasteiger partial charge in [0.2, 0.25) is 0 Å². The van der Waals surface area contributed by atoms with Crippen molar-refractivity contribution in [3.8, 4) is 39.1 Å². The standard InChI is InChI=1S/C41H30N2/c1-2-39-42-37-18-10-11-19-38(37)43(39)32-26-24-31(25-27-32)41-35-16-8-6-14-33(35)40(34-15-7-9-17-36(34)41)30-22-20-29(21-23-30)28-12-4-3-5-13-28/h3-27H,2H2,1H3/i1D3,2D2,6D,7D,8D,9D,14D,15D,16D,17D. The number of imidazole rings is 1. The Balaban J connectivity index is 1.46. The minimum Gasteiger partial charge on any atom is -0.296 e. The van der Waals surface area contributed by atoms with Crippen LogP contribution in [0.25, 0.3) is 71.6 Å². The molecule has 2 heteroatoms. The molecule has 43 heavy (non-hydrogen) atoms. The van der Waals surface area contributed by atoms with Gasteiger partial charge in [-0.2, -0.15) is 0 Å². The number of benzene rings is 7. The van der Waals surface area contributed by atoms with Crippen LogP contribution in [0.4, 0.5) is 0 Å². The maximum Gasteiger partial charge on any atom is 0.114 e. The highest BCUT2D eigenvalue weighted by Gasteiger charge is 2.17. The quantitative estimate of drug-likeness (QED) is 0.190. The average molecular weight is 564 g/mol. The van der Waals surface area contributed by atoms with Crippen LogP contribution in [0.5, 0.6) is 0 Å². The maximum absolute atomic E-state index is 9.23. The lowest BCUT2D eigenvalue weighted by molar-refractivity contribution is 0.908. The number of rotatable bonds is 5. The molecular formula is C41H30N2. The summed E-state index contributed by atoms with van der Waals surface area (Å²) in [5.74, 6) is -0.340. The van der Waals surface area contributed by atoms with Crippen LogP contribution >= 0.6 is 0 Å². The largest absolute Gasteiger partial charge is 0.296 e. The van der Waals surface area contributed by atoms with Crippen molar-refractivity contribution >= 4 is 32.6 Å². The first kappa shape index (κ1) is 15.1. The highest BCUT2D eigenvalue weighted by Crippen LogP contribution is 2.44. The molecule has 0 N–H and O–H groups in total. The zero-order valence-corrected chi connectivity index (χ0v) is 22.7. The third-order valence-corrected chi connectivity index (χ3v) is 7.74. The van der Waals surface area contributed by atoms with Crippen molar-refractivity contribution in [3.05, 3.63) is 157 Å². The minimum absolute atomic E-state index is 0.0518. The third-order valence-electron chi connectivity index (χ3n) is 7.74. The van der Waals surface area contributed by atoms with Crippen LogP contribution in [-0.4, -0.2) is 9.55 Å². The van der Waals surface area contributed by atoms with E-state index in [9.17, 15) is 5.48 Å². The monoisotopic (exact) mass is 563 g/mol. The summed E-state index contributed by atoms with van der Waals surface area (Å²) < 4.78 is 114. The van der Waals surface area contributed by atoms with Crippen molar-refractivity contribution in [2.24, 2.45) is 0 Å². The third kappa shape index (κ3) is 4.23. The van der Waals surface area contributed by atoms with Gasteiger partial charge in [0, 0.05) is 18.9 Å². The van der Waals surface area contributed by atoms with Gasteiger partial charge in [0.25, 0.3) is 0 Å². The number of nitrogens with zero attached hydrogens (tertiary/aromatic N) is 2. The van der Waals surface area contributed by atoms with Gasteiger partial charge in [-0.15, -0.1) is 0 Å². The summed E-state index contributed by atoms with van der Waals surface area (Å²) in [7, 11) is 0. The van der Waals surface area contributed by atoms with E-state index in [-0.39, 0.29) is 50.6 Å². The molecule has 7 aromatic carbocycles. The molecule has 0 aliphatic rings. The first-order chi connectivity index (χ1) is 26.5. The SMILES string of the molecule is [2H]c1c([2H])c([2H])c2c(-c3ccc(-n4c(C([2H])([2H])C([2H])([2H])[2H])nc5ccccc54)cc3)c3c([2H])c([2H])c([2H])c([2H])c3c(-c3ccc(-c4ccccc4)cc3)c2c1[2H]. The predicted molar refractivity (Wildman–Crippen MR) is 182 cm³/mol. The normalized spacial score (nSPS) is 16.4. The van der Waals surface area contributed by atoms with E-state index in [0.717, 1.165) is 11.1 Å². The lowest BCUT2D eigenvalue weighted by atomic mass is 9.85. The lowest BCUT2D eigenvalue weighted by Gasteiger charge is -2.18. The summed E-state index contributed by atoms with van der Waals surface area (Å²) >= 11 is 0. The Hall–Kier alpha value is -5.47. The smallest absolute Gasteiger partial charge is 0.114 e. The van der Waals surface area contributed by atoms with E-state index in [2.05, 4.69) is 4.98 Å². The Labute approximate surface area is 269 Å². The van der Waals surface area contributed by atoms with Crippen molar-refractivity contribution < 1.29 is 17.8 Å². The van der Waals surface area contributed by atoms with Crippen molar-refractivity contribution in [2.75, 3.05) is 0 Å². The number of aryl methyl sites for hydroxylation is 1. The van der Waals surface area contributed by atoms with E-state index >= 15 is 0 Å². The van der Waals surface area contributed by atoms with Crippen LogP contribution in [0.2, 0.25) is 0 Å². The molecule has 2 nitrogen and oxygen atoms in total. The lowest BCUT2D eigenvalue weighted by Crippen LogP contribution is -2.00. The second-order valence-electron chi connectivity index (χ2n) is 10.1. The maximum atomic E-state index is 9.23. The van der Waals surface area contributed by atoms with Gasteiger partial charge in [0.05, 0.1) is 22.0 Å².